The van der Waals surface area contributed by atoms with E-state index in [0.717, 1.165) is 22.0 Å². The summed E-state index contributed by atoms with van der Waals surface area (Å²) in [5, 5.41) is 0.973. The van der Waals surface area contributed by atoms with Crippen molar-refractivity contribution in [3.05, 3.63) is 59.3 Å². The van der Waals surface area contributed by atoms with Crippen LogP contribution in [0, 0.1) is 0 Å². The minimum atomic E-state index is -1.36. The van der Waals surface area contributed by atoms with E-state index in [-0.39, 0.29) is 30.9 Å². The quantitative estimate of drug-likeness (QED) is 0.392. The summed E-state index contributed by atoms with van der Waals surface area (Å²) in [6.07, 6.45) is 0. The minimum Gasteiger partial charge on any atom is -0.493 e. The van der Waals surface area contributed by atoms with Gasteiger partial charge in [-0.25, -0.2) is 4.79 Å². The van der Waals surface area contributed by atoms with Crippen LogP contribution in [-0.2, 0) is 19.9 Å². The number of aromatic nitrogens is 1. The van der Waals surface area contributed by atoms with Crippen LogP contribution in [0.5, 0.6) is 11.5 Å². The van der Waals surface area contributed by atoms with E-state index in [9.17, 15) is 9.59 Å². The zero-order chi connectivity index (χ0) is 24.5. The van der Waals surface area contributed by atoms with Crippen LogP contribution in [0.2, 0.25) is 0 Å². The third-order valence-corrected chi connectivity index (χ3v) is 6.70. The van der Waals surface area contributed by atoms with Crippen LogP contribution >= 0.6 is 11.6 Å². The van der Waals surface area contributed by atoms with Crippen molar-refractivity contribution in [2.24, 2.45) is 0 Å². The van der Waals surface area contributed by atoms with Crippen molar-refractivity contribution in [3.63, 3.8) is 0 Å². The van der Waals surface area contributed by atoms with E-state index in [2.05, 4.69) is 4.98 Å². The van der Waals surface area contributed by atoms with Gasteiger partial charge in [-0.1, -0.05) is 30.3 Å². The molecular formula is C26H29ClN2O5. The number of benzene rings is 2. The Morgan fingerprint density at radius 2 is 1.91 bits per heavy atom. The Bertz CT molecular complexity index is 1220. The first-order valence-corrected chi connectivity index (χ1v) is 11.9. The minimum absolute atomic E-state index is 0.195. The molecule has 7 nitrogen and oxygen atoms in total. The number of carbonyl (C=O) groups excluding carboxylic acids is 2. The van der Waals surface area contributed by atoms with Crippen LogP contribution in [-0.4, -0.2) is 54.5 Å². The fourth-order valence-corrected chi connectivity index (χ4v) is 5.07. The fraction of sp³-hybridized carbons (Fsp3) is 0.385. The molecule has 0 radical (unpaired) electrons. The molecule has 1 aliphatic heterocycles. The van der Waals surface area contributed by atoms with E-state index in [1.807, 2.05) is 49.4 Å². The summed E-state index contributed by atoms with van der Waals surface area (Å²) in [5.74, 6) is -0.185. The third-order valence-electron chi connectivity index (χ3n) is 6.47. The zero-order valence-electron chi connectivity index (χ0n) is 19.8. The number of H-pyrrole nitrogens is 1. The summed E-state index contributed by atoms with van der Waals surface area (Å²) in [6.45, 7) is 6.25. The summed E-state index contributed by atoms with van der Waals surface area (Å²) >= 11 is 6.02. The molecule has 2 atom stereocenters. The van der Waals surface area contributed by atoms with Gasteiger partial charge in [0.15, 0.2) is 17.0 Å². The van der Waals surface area contributed by atoms with Gasteiger partial charge in [-0.2, -0.15) is 0 Å². The molecular weight excluding hydrogens is 456 g/mol. The van der Waals surface area contributed by atoms with Crippen molar-refractivity contribution in [3.8, 4) is 11.5 Å². The first-order valence-electron chi connectivity index (χ1n) is 11.4. The van der Waals surface area contributed by atoms with Gasteiger partial charge in [0, 0.05) is 28.9 Å². The average Bonchev–Trinajstić information content (AvgIpc) is 3.25. The number of alkyl halides is 1. The van der Waals surface area contributed by atoms with Crippen LogP contribution in [0.4, 0.5) is 0 Å². The molecule has 0 bridgehead atoms. The molecule has 4 rings (SSSR count). The number of para-hydroxylation sites is 2. The van der Waals surface area contributed by atoms with Crippen molar-refractivity contribution in [2.45, 2.75) is 32.2 Å². The second kappa shape index (κ2) is 9.58. The molecule has 0 spiro atoms. The number of rotatable bonds is 7. The maximum Gasteiger partial charge on any atom is 0.338 e. The molecule has 0 saturated heterocycles. The van der Waals surface area contributed by atoms with Gasteiger partial charge < -0.3 is 24.1 Å². The Morgan fingerprint density at radius 1 is 1.15 bits per heavy atom. The lowest BCUT2D eigenvalue weighted by atomic mass is 9.77. The summed E-state index contributed by atoms with van der Waals surface area (Å²) in [7, 11) is 1.60. The highest BCUT2D eigenvalue weighted by atomic mass is 35.5. The fourth-order valence-electron chi connectivity index (χ4n) is 4.93. The van der Waals surface area contributed by atoms with E-state index < -0.39 is 11.5 Å². The molecule has 0 fully saturated rings. The number of methoxy groups -OCH3 is 1. The number of fused-ring (bicyclic) bond motifs is 3. The lowest BCUT2D eigenvalue weighted by Crippen LogP contribution is -2.58. The normalized spacial score (nSPS) is 19.6. The van der Waals surface area contributed by atoms with Gasteiger partial charge >= 0.3 is 5.97 Å². The smallest absolute Gasteiger partial charge is 0.338 e. The molecule has 1 amide bonds. The maximum atomic E-state index is 13.4. The number of amides is 1. The number of nitrogens with zero attached hydrogens (tertiary/aromatic N) is 1. The van der Waals surface area contributed by atoms with Gasteiger partial charge in [0.1, 0.15) is 5.88 Å². The van der Waals surface area contributed by atoms with Crippen molar-refractivity contribution in [1.82, 2.24) is 9.88 Å². The Hall–Kier alpha value is -3.19. The highest BCUT2D eigenvalue weighted by molar-refractivity contribution is 6.27. The predicted octanol–water partition coefficient (Wildman–Crippen LogP) is 4.57. The molecule has 0 aliphatic carbocycles. The number of esters is 1. The van der Waals surface area contributed by atoms with Gasteiger partial charge in [-0.15, -0.1) is 11.6 Å². The molecule has 0 saturated carbocycles. The van der Waals surface area contributed by atoms with Crippen molar-refractivity contribution in [2.75, 3.05) is 32.7 Å². The SMILES string of the molecule is CCOC(=O)C1(C)c2[nH]c3ccccc3c2C(c2cccc(OC)c2OCC)CN1C(=O)CCl. The molecule has 1 N–H and O–H groups in total. The van der Waals surface area contributed by atoms with Crippen LogP contribution < -0.4 is 9.47 Å². The number of aromatic amines is 1. The Balaban J connectivity index is 2.05. The zero-order valence-corrected chi connectivity index (χ0v) is 20.6. The molecule has 3 aromatic rings. The standard InChI is InChI=1S/C26H29ClN2O5/c1-5-33-23-16(11-9-13-20(23)32-4)18-15-29(21(30)14-27)26(3,25(31)34-6-2)24-22(18)17-10-7-8-12-19(17)28-24/h7-13,18,28H,5-6,14-15H2,1-4H3. The number of nitrogens with one attached hydrogen (secondary N) is 1. The number of hydrogen-bond donors (Lipinski definition) is 1. The average molecular weight is 485 g/mol. The molecule has 34 heavy (non-hydrogen) atoms. The molecule has 1 aromatic heterocycles. The highest BCUT2D eigenvalue weighted by Gasteiger charge is 2.53. The maximum absolute atomic E-state index is 13.4. The lowest BCUT2D eigenvalue weighted by Gasteiger charge is -2.45. The van der Waals surface area contributed by atoms with E-state index in [4.69, 9.17) is 25.8 Å². The molecule has 180 valence electrons. The van der Waals surface area contributed by atoms with E-state index in [1.54, 1.807) is 21.0 Å². The van der Waals surface area contributed by atoms with E-state index in [1.165, 1.54) is 4.90 Å². The van der Waals surface area contributed by atoms with E-state index >= 15 is 0 Å². The van der Waals surface area contributed by atoms with Gasteiger partial charge in [0.05, 0.1) is 26.0 Å². The molecule has 2 unspecified atom stereocenters. The van der Waals surface area contributed by atoms with E-state index in [0.29, 0.717) is 23.8 Å². The summed E-state index contributed by atoms with van der Waals surface area (Å²) < 4.78 is 17.1. The summed E-state index contributed by atoms with van der Waals surface area (Å²) in [6, 6.07) is 13.6. The molecule has 2 heterocycles. The van der Waals surface area contributed by atoms with Gasteiger partial charge in [0.2, 0.25) is 5.91 Å². The van der Waals surface area contributed by atoms with Gasteiger partial charge in [-0.3, -0.25) is 4.79 Å². The van der Waals surface area contributed by atoms with Crippen LogP contribution in [0.3, 0.4) is 0 Å². The number of halogens is 1. The third kappa shape index (κ3) is 3.68. The Kier molecular flexibility index (Phi) is 6.75. The highest BCUT2D eigenvalue weighted by Crippen LogP contribution is 2.49. The van der Waals surface area contributed by atoms with Crippen LogP contribution in [0.1, 0.15) is 43.5 Å². The van der Waals surface area contributed by atoms with Crippen LogP contribution in [0.15, 0.2) is 42.5 Å². The van der Waals surface area contributed by atoms with Crippen molar-refractivity contribution in [1.29, 1.82) is 0 Å². The summed E-state index contributed by atoms with van der Waals surface area (Å²) in [5.41, 5.74) is 1.92. The van der Waals surface area contributed by atoms with Gasteiger partial charge in [0.25, 0.3) is 0 Å². The predicted molar refractivity (Wildman–Crippen MR) is 131 cm³/mol. The Labute approximate surface area is 203 Å². The largest absolute Gasteiger partial charge is 0.493 e. The molecule has 2 aromatic carbocycles. The number of carbonyl (C=O) groups is 2. The summed E-state index contributed by atoms with van der Waals surface area (Å²) in [4.78, 5) is 31.5. The lowest BCUT2D eigenvalue weighted by molar-refractivity contribution is -0.164. The molecule has 8 heteroatoms. The second-order valence-corrected chi connectivity index (χ2v) is 8.52. The van der Waals surface area contributed by atoms with Crippen LogP contribution in [0.25, 0.3) is 10.9 Å². The monoisotopic (exact) mass is 484 g/mol. The number of hydrogen-bond acceptors (Lipinski definition) is 5. The topological polar surface area (TPSA) is 80.9 Å². The number of ether oxygens (including phenoxy) is 3. The first-order chi connectivity index (χ1) is 16.4. The second-order valence-electron chi connectivity index (χ2n) is 8.25. The van der Waals surface area contributed by atoms with Crippen molar-refractivity contribution < 1.29 is 23.8 Å². The molecule has 1 aliphatic rings. The van der Waals surface area contributed by atoms with Gasteiger partial charge in [-0.05, 0) is 38.5 Å². The Morgan fingerprint density at radius 3 is 2.59 bits per heavy atom. The first kappa shape index (κ1) is 24.0. The van der Waals surface area contributed by atoms with Crippen molar-refractivity contribution >= 4 is 34.4 Å².